The third-order valence-corrected chi connectivity index (χ3v) is 2.50. The second-order valence-electron chi connectivity index (χ2n) is 2.64. The summed E-state index contributed by atoms with van der Waals surface area (Å²) in [5.74, 6) is 0. The molecule has 0 fully saturated rings. The number of aryl methyl sites for hydroxylation is 1. The van der Waals surface area contributed by atoms with Gasteiger partial charge in [0.25, 0.3) is 6.43 Å². The lowest BCUT2D eigenvalue weighted by Gasteiger charge is -2.00. The van der Waals surface area contributed by atoms with Crippen LogP contribution in [-0.2, 0) is 0 Å². The third kappa shape index (κ3) is 1.52. The number of hydrogen-bond acceptors (Lipinski definition) is 3. The van der Waals surface area contributed by atoms with E-state index in [9.17, 15) is 8.78 Å². The van der Waals surface area contributed by atoms with Crippen molar-refractivity contribution >= 4 is 11.3 Å². The minimum atomic E-state index is -2.58. The van der Waals surface area contributed by atoms with E-state index < -0.39 is 6.43 Å². The van der Waals surface area contributed by atoms with Crippen molar-refractivity contribution in [2.24, 2.45) is 0 Å². The van der Waals surface area contributed by atoms with Crippen LogP contribution in [0.15, 0.2) is 12.4 Å². The molecular weight excluding hydrogens is 208 g/mol. The van der Waals surface area contributed by atoms with Crippen LogP contribution in [-0.4, -0.2) is 14.8 Å². The zero-order valence-electron chi connectivity index (χ0n) is 7.24. The summed E-state index contributed by atoms with van der Waals surface area (Å²) in [5, 5.41) is 4.19. The maximum absolute atomic E-state index is 12.4. The van der Waals surface area contributed by atoms with E-state index in [-0.39, 0.29) is 5.69 Å². The van der Waals surface area contributed by atoms with Crippen LogP contribution in [0, 0.1) is 13.0 Å². The Kier molecular flexibility index (Phi) is 2.28. The molecule has 14 heavy (non-hydrogen) atoms. The molecule has 0 N–H and O–H groups in total. The summed E-state index contributed by atoms with van der Waals surface area (Å²) in [6.45, 7) is 1.86. The van der Waals surface area contributed by atoms with E-state index in [4.69, 9.17) is 0 Å². The standard InChI is InChI=1S/C8H6F2N3S/c1-5-4-11-8(14-5)13-6(7(9)10)2-3-12-13/h3-4,7H,1H3. The van der Waals surface area contributed by atoms with Gasteiger partial charge in [0.1, 0.15) is 5.69 Å². The summed E-state index contributed by atoms with van der Waals surface area (Å²) < 4.78 is 26.0. The van der Waals surface area contributed by atoms with Crippen molar-refractivity contribution in [3.05, 3.63) is 29.0 Å². The van der Waals surface area contributed by atoms with Crippen LogP contribution in [0.25, 0.3) is 5.13 Å². The first-order valence-electron chi connectivity index (χ1n) is 3.85. The average molecular weight is 214 g/mol. The SMILES string of the molecule is Cc1cnc(-n2nc[c]c2C(F)F)s1. The lowest BCUT2D eigenvalue weighted by atomic mass is 10.4. The van der Waals surface area contributed by atoms with E-state index in [0.29, 0.717) is 5.13 Å². The fourth-order valence-corrected chi connectivity index (χ4v) is 1.76. The highest BCUT2D eigenvalue weighted by Gasteiger charge is 2.16. The Morgan fingerprint density at radius 1 is 1.57 bits per heavy atom. The van der Waals surface area contributed by atoms with Crippen molar-refractivity contribution in [2.45, 2.75) is 13.3 Å². The van der Waals surface area contributed by atoms with Gasteiger partial charge in [0.15, 0.2) is 0 Å². The van der Waals surface area contributed by atoms with Gasteiger partial charge in [-0.3, -0.25) is 0 Å². The van der Waals surface area contributed by atoms with Gasteiger partial charge in [0.05, 0.1) is 6.20 Å². The molecule has 2 heterocycles. The van der Waals surface area contributed by atoms with Gasteiger partial charge in [-0.05, 0) is 6.92 Å². The van der Waals surface area contributed by atoms with Crippen LogP contribution < -0.4 is 0 Å². The highest BCUT2D eigenvalue weighted by molar-refractivity contribution is 7.13. The van der Waals surface area contributed by atoms with E-state index in [1.807, 2.05) is 6.92 Å². The maximum atomic E-state index is 12.4. The fourth-order valence-electron chi connectivity index (χ4n) is 1.02. The second-order valence-corrected chi connectivity index (χ2v) is 3.85. The summed E-state index contributed by atoms with van der Waals surface area (Å²) in [4.78, 5) is 4.92. The number of nitrogens with zero attached hydrogens (tertiary/aromatic N) is 3. The average Bonchev–Trinajstić information content (AvgIpc) is 2.70. The highest BCUT2D eigenvalue weighted by Crippen LogP contribution is 2.23. The summed E-state index contributed by atoms with van der Waals surface area (Å²) >= 11 is 1.31. The molecule has 2 aromatic rings. The molecule has 3 nitrogen and oxygen atoms in total. The molecule has 0 aromatic carbocycles. The van der Waals surface area contributed by atoms with Crippen molar-refractivity contribution in [2.75, 3.05) is 0 Å². The van der Waals surface area contributed by atoms with E-state index in [2.05, 4.69) is 16.1 Å². The maximum Gasteiger partial charge on any atom is 0.281 e. The van der Waals surface area contributed by atoms with Gasteiger partial charge in [0, 0.05) is 17.1 Å². The molecule has 0 unspecified atom stereocenters. The number of rotatable bonds is 2. The number of thiazole rings is 1. The first-order chi connectivity index (χ1) is 6.68. The molecule has 1 radical (unpaired) electrons. The van der Waals surface area contributed by atoms with E-state index in [1.54, 1.807) is 6.20 Å². The summed E-state index contributed by atoms with van der Waals surface area (Å²) in [6, 6.07) is 2.38. The van der Waals surface area contributed by atoms with Crippen molar-refractivity contribution in [1.82, 2.24) is 14.8 Å². The number of alkyl halides is 2. The Morgan fingerprint density at radius 3 is 2.93 bits per heavy atom. The molecule has 0 aliphatic carbocycles. The topological polar surface area (TPSA) is 30.7 Å². The summed E-state index contributed by atoms with van der Waals surface area (Å²) in [7, 11) is 0. The van der Waals surface area contributed by atoms with Crippen molar-refractivity contribution in [3.8, 4) is 5.13 Å². The largest absolute Gasteiger partial charge is 0.281 e. The molecule has 0 aliphatic rings. The lowest BCUT2D eigenvalue weighted by Crippen LogP contribution is -2.01. The van der Waals surface area contributed by atoms with Crippen LogP contribution in [0.2, 0.25) is 0 Å². The smallest absolute Gasteiger partial charge is 0.227 e. The molecule has 0 saturated heterocycles. The van der Waals surface area contributed by atoms with Crippen LogP contribution in [0.1, 0.15) is 17.0 Å². The molecule has 2 aromatic heterocycles. The van der Waals surface area contributed by atoms with Gasteiger partial charge in [0.2, 0.25) is 5.13 Å². The van der Waals surface area contributed by atoms with Gasteiger partial charge in [-0.15, -0.1) is 11.3 Å². The van der Waals surface area contributed by atoms with Crippen molar-refractivity contribution < 1.29 is 8.78 Å². The molecule has 0 bridgehead atoms. The number of aromatic nitrogens is 3. The van der Waals surface area contributed by atoms with Crippen molar-refractivity contribution in [3.63, 3.8) is 0 Å². The highest BCUT2D eigenvalue weighted by atomic mass is 32.1. The van der Waals surface area contributed by atoms with E-state index >= 15 is 0 Å². The number of hydrogen-bond donors (Lipinski definition) is 0. The van der Waals surface area contributed by atoms with Crippen LogP contribution in [0.4, 0.5) is 8.78 Å². The third-order valence-electron chi connectivity index (χ3n) is 1.61. The summed E-state index contributed by atoms with van der Waals surface area (Å²) in [6.07, 6.45) is 0.261. The van der Waals surface area contributed by atoms with Gasteiger partial charge >= 0.3 is 0 Å². The van der Waals surface area contributed by atoms with Crippen molar-refractivity contribution in [1.29, 1.82) is 0 Å². The van der Waals surface area contributed by atoms with E-state index in [0.717, 1.165) is 9.56 Å². The fraction of sp³-hybridized carbons (Fsp3) is 0.250. The molecule has 0 atom stereocenters. The minimum absolute atomic E-state index is 0.251. The molecule has 2 rings (SSSR count). The monoisotopic (exact) mass is 214 g/mol. The minimum Gasteiger partial charge on any atom is -0.227 e. The summed E-state index contributed by atoms with van der Waals surface area (Å²) in [5.41, 5.74) is -0.251. The van der Waals surface area contributed by atoms with Gasteiger partial charge < -0.3 is 0 Å². The molecule has 0 spiro atoms. The second kappa shape index (κ2) is 3.45. The van der Waals surface area contributed by atoms with E-state index in [1.165, 1.54) is 17.5 Å². The van der Waals surface area contributed by atoms with Gasteiger partial charge in [-0.25, -0.2) is 18.4 Å². The van der Waals surface area contributed by atoms with Gasteiger partial charge in [-0.1, -0.05) is 0 Å². The van der Waals surface area contributed by atoms with Crippen LogP contribution >= 0.6 is 11.3 Å². The van der Waals surface area contributed by atoms with Gasteiger partial charge in [-0.2, -0.15) is 5.10 Å². The molecule has 0 amide bonds. The Balaban J connectivity index is 2.46. The zero-order chi connectivity index (χ0) is 10.1. The quantitative estimate of drug-likeness (QED) is 0.768. The molecule has 73 valence electrons. The predicted molar refractivity (Wildman–Crippen MR) is 47.8 cm³/mol. The zero-order valence-corrected chi connectivity index (χ0v) is 8.05. The molecular formula is C8H6F2N3S. The predicted octanol–water partition coefficient (Wildman–Crippen LogP) is 2.38. The Bertz CT molecular complexity index is 435. The molecule has 0 saturated carbocycles. The molecule has 6 heteroatoms. The Morgan fingerprint density at radius 2 is 2.36 bits per heavy atom. The molecule has 0 aliphatic heterocycles. The van der Waals surface area contributed by atoms with Crippen LogP contribution in [0.3, 0.4) is 0 Å². The van der Waals surface area contributed by atoms with Crippen LogP contribution in [0.5, 0.6) is 0 Å². The first kappa shape index (κ1) is 9.26. The normalized spacial score (nSPS) is 11.1. The Labute approximate surface area is 83.0 Å². The Hall–Kier alpha value is -1.30. The first-order valence-corrected chi connectivity index (χ1v) is 4.66. The number of halogens is 2. The lowest BCUT2D eigenvalue weighted by molar-refractivity contribution is 0.142.